The third-order valence-electron chi connectivity index (χ3n) is 3.50. The number of nitrogens with one attached hydrogen (secondary N) is 1. The molecule has 0 radical (unpaired) electrons. The van der Waals surface area contributed by atoms with Crippen LogP contribution in [0.4, 0.5) is 0 Å². The van der Waals surface area contributed by atoms with Crippen LogP contribution < -0.4 is 11.1 Å². The first kappa shape index (κ1) is 14.4. The van der Waals surface area contributed by atoms with Crippen molar-refractivity contribution in [2.45, 2.75) is 38.6 Å². The number of aliphatic hydroxyl groups excluding tert-OH is 1. The minimum atomic E-state index is -0.453. The van der Waals surface area contributed by atoms with Crippen LogP contribution in [0.1, 0.15) is 32.6 Å². The molecule has 1 unspecified atom stereocenters. The molecule has 0 spiro atoms. The van der Waals surface area contributed by atoms with Crippen molar-refractivity contribution in [2.75, 3.05) is 26.4 Å². The molecule has 1 atom stereocenters. The van der Waals surface area contributed by atoms with Crippen LogP contribution in [0, 0.1) is 5.41 Å². The summed E-state index contributed by atoms with van der Waals surface area (Å²) < 4.78 is 5.28. The Bertz CT molecular complexity index is 240. The Morgan fingerprint density at radius 3 is 2.71 bits per heavy atom. The molecule has 0 aromatic carbocycles. The summed E-state index contributed by atoms with van der Waals surface area (Å²) in [6.07, 6.45) is 2.89. The first-order chi connectivity index (χ1) is 8.14. The predicted octanol–water partition coefficient (Wildman–Crippen LogP) is 0.0191. The molecule has 17 heavy (non-hydrogen) atoms. The lowest BCUT2D eigenvalue weighted by atomic mass is 9.79. The lowest BCUT2D eigenvalue weighted by Crippen LogP contribution is -2.51. The van der Waals surface area contributed by atoms with Gasteiger partial charge < -0.3 is 20.9 Å². The zero-order valence-corrected chi connectivity index (χ0v) is 10.6. The first-order valence-corrected chi connectivity index (χ1v) is 6.34. The molecule has 5 nitrogen and oxygen atoms in total. The third-order valence-corrected chi connectivity index (χ3v) is 3.50. The topological polar surface area (TPSA) is 84.6 Å². The molecule has 1 saturated heterocycles. The van der Waals surface area contributed by atoms with Crippen LogP contribution in [-0.2, 0) is 9.53 Å². The van der Waals surface area contributed by atoms with E-state index >= 15 is 0 Å². The van der Waals surface area contributed by atoms with Gasteiger partial charge in [0, 0.05) is 32.4 Å². The Balaban J connectivity index is 2.48. The highest BCUT2D eigenvalue weighted by atomic mass is 16.5. The monoisotopic (exact) mass is 244 g/mol. The van der Waals surface area contributed by atoms with Crippen molar-refractivity contribution in [1.82, 2.24) is 5.32 Å². The van der Waals surface area contributed by atoms with Crippen LogP contribution >= 0.6 is 0 Å². The molecule has 1 heterocycles. The van der Waals surface area contributed by atoms with E-state index in [4.69, 9.17) is 15.6 Å². The average molecular weight is 244 g/mol. The van der Waals surface area contributed by atoms with Gasteiger partial charge >= 0.3 is 0 Å². The van der Waals surface area contributed by atoms with Crippen LogP contribution in [0.5, 0.6) is 0 Å². The molecule has 1 rings (SSSR count). The highest BCUT2D eigenvalue weighted by molar-refractivity contribution is 5.83. The zero-order chi connectivity index (χ0) is 12.7. The van der Waals surface area contributed by atoms with Gasteiger partial charge in [-0.25, -0.2) is 0 Å². The summed E-state index contributed by atoms with van der Waals surface area (Å²) in [5.74, 6) is 0.0359. The predicted molar refractivity (Wildman–Crippen MR) is 65.5 cm³/mol. The molecule has 1 aliphatic heterocycles. The van der Waals surface area contributed by atoms with Gasteiger partial charge in [0.2, 0.25) is 5.91 Å². The summed E-state index contributed by atoms with van der Waals surface area (Å²) in [5, 5.41) is 11.7. The van der Waals surface area contributed by atoms with Crippen molar-refractivity contribution in [3.63, 3.8) is 0 Å². The first-order valence-electron chi connectivity index (χ1n) is 6.34. The lowest BCUT2D eigenvalue weighted by Gasteiger charge is -2.35. The fourth-order valence-electron chi connectivity index (χ4n) is 2.13. The number of nitrogens with two attached hydrogens (primary N) is 1. The van der Waals surface area contributed by atoms with Gasteiger partial charge in [0.25, 0.3) is 0 Å². The minimum Gasteiger partial charge on any atom is -0.396 e. The van der Waals surface area contributed by atoms with Gasteiger partial charge in [-0.15, -0.1) is 0 Å². The van der Waals surface area contributed by atoms with Gasteiger partial charge in [0.1, 0.15) is 0 Å². The van der Waals surface area contributed by atoms with E-state index < -0.39 is 5.41 Å². The quantitative estimate of drug-likeness (QED) is 0.615. The Hall–Kier alpha value is -0.650. The largest absolute Gasteiger partial charge is 0.396 e. The molecule has 5 heteroatoms. The maximum absolute atomic E-state index is 12.2. The summed E-state index contributed by atoms with van der Waals surface area (Å²) in [5.41, 5.74) is 5.31. The summed E-state index contributed by atoms with van der Waals surface area (Å²) in [6.45, 7) is 3.70. The summed E-state index contributed by atoms with van der Waals surface area (Å²) in [6, 6.07) is 0.0842. The number of amides is 1. The fourth-order valence-corrected chi connectivity index (χ4v) is 2.13. The second-order valence-electron chi connectivity index (χ2n) is 4.84. The van der Waals surface area contributed by atoms with E-state index in [1.165, 1.54) is 0 Å². The zero-order valence-electron chi connectivity index (χ0n) is 10.6. The minimum absolute atomic E-state index is 0.0359. The highest BCUT2D eigenvalue weighted by Gasteiger charge is 2.39. The molecule has 4 N–H and O–H groups in total. The van der Waals surface area contributed by atoms with Crippen LogP contribution in [-0.4, -0.2) is 43.4 Å². The summed E-state index contributed by atoms with van der Waals surface area (Å²) >= 11 is 0. The number of carbonyl (C=O) groups excluding carboxylic acids is 1. The van der Waals surface area contributed by atoms with E-state index in [1.807, 2.05) is 6.92 Å². The molecule has 0 aromatic heterocycles. The van der Waals surface area contributed by atoms with E-state index in [0.717, 1.165) is 6.42 Å². The van der Waals surface area contributed by atoms with Crippen molar-refractivity contribution in [1.29, 1.82) is 0 Å². The Kier molecular flexibility index (Phi) is 5.88. The number of hydrogen-bond donors (Lipinski definition) is 3. The number of rotatable bonds is 6. The van der Waals surface area contributed by atoms with Crippen molar-refractivity contribution in [3.8, 4) is 0 Å². The molecule has 0 bridgehead atoms. The molecular weight excluding hydrogens is 220 g/mol. The second kappa shape index (κ2) is 6.93. The van der Waals surface area contributed by atoms with Crippen LogP contribution in [0.15, 0.2) is 0 Å². The van der Waals surface area contributed by atoms with E-state index in [-0.39, 0.29) is 18.6 Å². The summed E-state index contributed by atoms with van der Waals surface area (Å²) in [4.78, 5) is 12.2. The number of hydrogen-bond acceptors (Lipinski definition) is 4. The van der Waals surface area contributed by atoms with E-state index in [1.54, 1.807) is 0 Å². The Labute approximate surface area is 103 Å². The van der Waals surface area contributed by atoms with Gasteiger partial charge in [-0.2, -0.15) is 0 Å². The van der Waals surface area contributed by atoms with Crippen LogP contribution in [0.2, 0.25) is 0 Å². The Morgan fingerprint density at radius 1 is 1.53 bits per heavy atom. The highest BCUT2D eigenvalue weighted by Crippen LogP contribution is 2.29. The van der Waals surface area contributed by atoms with Gasteiger partial charge in [-0.1, -0.05) is 0 Å². The summed E-state index contributed by atoms with van der Waals surface area (Å²) in [7, 11) is 0. The van der Waals surface area contributed by atoms with Crippen molar-refractivity contribution >= 4 is 5.91 Å². The van der Waals surface area contributed by atoms with Gasteiger partial charge in [0.15, 0.2) is 0 Å². The van der Waals surface area contributed by atoms with E-state index in [9.17, 15) is 4.79 Å². The molecule has 0 saturated carbocycles. The maximum Gasteiger partial charge on any atom is 0.227 e. The van der Waals surface area contributed by atoms with Crippen molar-refractivity contribution in [2.24, 2.45) is 11.1 Å². The standard InChI is InChI=1S/C12H24N2O3/c1-10(3-2-6-15)14-11(16)12(9-13)4-7-17-8-5-12/h10,15H,2-9,13H2,1H3,(H,14,16). The van der Waals surface area contributed by atoms with Gasteiger partial charge in [-0.05, 0) is 32.6 Å². The normalized spacial score (nSPS) is 20.9. The number of aliphatic hydroxyl groups is 1. The molecule has 0 aromatic rings. The van der Waals surface area contributed by atoms with Gasteiger partial charge in [-0.3, -0.25) is 4.79 Å². The fraction of sp³-hybridized carbons (Fsp3) is 0.917. The number of carbonyl (C=O) groups is 1. The molecule has 1 amide bonds. The lowest BCUT2D eigenvalue weighted by molar-refractivity contribution is -0.136. The van der Waals surface area contributed by atoms with Gasteiger partial charge in [0.05, 0.1) is 5.41 Å². The molecule has 1 fully saturated rings. The van der Waals surface area contributed by atoms with E-state index in [0.29, 0.717) is 39.0 Å². The van der Waals surface area contributed by atoms with Crippen LogP contribution in [0.3, 0.4) is 0 Å². The number of ether oxygens (including phenoxy) is 1. The Morgan fingerprint density at radius 2 is 2.18 bits per heavy atom. The SMILES string of the molecule is CC(CCCO)NC(=O)C1(CN)CCOCC1. The molecular formula is C12H24N2O3. The smallest absolute Gasteiger partial charge is 0.227 e. The van der Waals surface area contributed by atoms with Crippen molar-refractivity contribution in [3.05, 3.63) is 0 Å². The maximum atomic E-state index is 12.2. The second-order valence-corrected chi connectivity index (χ2v) is 4.84. The average Bonchev–Trinajstić information content (AvgIpc) is 2.37. The van der Waals surface area contributed by atoms with Crippen molar-refractivity contribution < 1.29 is 14.6 Å². The van der Waals surface area contributed by atoms with Crippen LogP contribution in [0.25, 0.3) is 0 Å². The molecule has 1 aliphatic rings. The van der Waals surface area contributed by atoms with E-state index in [2.05, 4.69) is 5.32 Å². The molecule has 100 valence electrons. The third kappa shape index (κ3) is 3.94. The molecule has 0 aliphatic carbocycles.